The number of aliphatic carboxylic acids is 1. The van der Waals surface area contributed by atoms with Crippen LogP contribution in [0, 0.1) is 0 Å². The summed E-state index contributed by atoms with van der Waals surface area (Å²) < 4.78 is 5.64. The second-order valence-electron chi connectivity index (χ2n) is 5.90. The molecule has 0 bridgehead atoms. The average Bonchev–Trinajstić information content (AvgIpc) is 2.58. The third-order valence-corrected chi connectivity index (χ3v) is 5.03. The van der Waals surface area contributed by atoms with E-state index < -0.39 is 5.97 Å². The SMILES string of the molecule is CCCCCCC(Sc1ccc(OCCCCCO)cc1)C(=O)O. The standard InChI is InChI=1S/C19H30O4S/c1-2-3-4-6-9-18(19(21)22)24-17-12-10-16(11-13-17)23-15-8-5-7-14-20/h10-13,18,20H,2-9,14-15H2,1H3,(H,21,22). The summed E-state index contributed by atoms with van der Waals surface area (Å²) in [7, 11) is 0. The van der Waals surface area contributed by atoms with Gasteiger partial charge in [-0.1, -0.05) is 32.6 Å². The van der Waals surface area contributed by atoms with Crippen LogP contribution in [0.5, 0.6) is 5.75 Å². The van der Waals surface area contributed by atoms with Crippen molar-refractivity contribution in [3.63, 3.8) is 0 Å². The van der Waals surface area contributed by atoms with Crippen LogP contribution in [0.1, 0.15) is 58.3 Å². The number of rotatable bonds is 14. The summed E-state index contributed by atoms with van der Waals surface area (Å²) in [6.45, 7) is 3.02. The summed E-state index contributed by atoms with van der Waals surface area (Å²) in [5.41, 5.74) is 0. The molecule has 0 aliphatic heterocycles. The van der Waals surface area contributed by atoms with Crippen LogP contribution < -0.4 is 4.74 Å². The number of hydrogen-bond acceptors (Lipinski definition) is 4. The number of carboxylic acid groups (broad SMARTS) is 1. The van der Waals surface area contributed by atoms with Gasteiger partial charge in [0.25, 0.3) is 0 Å². The van der Waals surface area contributed by atoms with Crippen molar-refractivity contribution in [2.75, 3.05) is 13.2 Å². The van der Waals surface area contributed by atoms with Gasteiger partial charge in [0.1, 0.15) is 11.0 Å². The number of ether oxygens (including phenoxy) is 1. The van der Waals surface area contributed by atoms with Crippen LogP contribution in [0.4, 0.5) is 0 Å². The Bertz CT molecular complexity index is 447. The van der Waals surface area contributed by atoms with Gasteiger partial charge < -0.3 is 14.9 Å². The largest absolute Gasteiger partial charge is 0.494 e. The highest BCUT2D eigenvalue weighted by Gasteiger charge is 2.18. The van der Waals surface area contributed by atoms with Crippen LogP contribution in [0.15, 0.2) is 29.2 Å². The highest BCUT2D eigenvalue weighted by molar-refractivity contribution is 8.00. The molecule has 0 aromatic heterocycles. The first kappa shape index (κ1) is 20.8. The number of hydrogen-bond donors (Lipinski definition) is 2. The van der Waals surface area contributed by atoms with E-state index in [1.54, 1.807) is 0 Å². The minimum absolute atomic E-state index is 0.231. The molecule has 1 rings (SSSR count). The molecule has 136 valence electrons. The maximum Gasteiger partial charge on any atom is 0.316 e. The summed E-state index contributed by atoms with van der Waals surface area (Å²) >= 11 is 1.42. The van der Waals surface area contributed by atoms with Gasteiger partial charge in [-0.25, -0.2) is 0 Å². The van der Waals surface area contributed by atoms with Gasteiger partial charge in [0.15, 0.2) is 0 Å². The maximum atomic E-state index is 11.4. The molecule has 0 radical (unpaired) electrons. The lowest BCUT2D eigenvalue weighted by molar-refractivity contribution is -0.136. The molecular weight excluding hydrogens is 324 g/mol. The molecule has 1 atom stereocenters. The highest BCUT2D eigenvalue weighted by Crippen LogP contribution is 2.28. The normalized spacial score (nSPS) is 12.1. The van der Waals surface area contributed by atoms with Crippen molar-refractivity contribution in [3.05, 3.63) is 24.3 Å². The first-order valence-electron chi connectivity index (χ1n) is 8.90. The van der Waals surface area contributed by atoms with Crippen molar-refractivity contribution in [1.29, 1.82) is 0 Å². The van der Waals surface area contributed by atoms with Crippen LogP contribution in [-0.2, 0) is 4.79 Å². The molecule has 1 aromatic carbocycles. The van der Waals surface area contributed by atoms with Gasteiger partial charge in [-0.05, 0) is 49.9 Å². The summed E-state index contributed by atoms with van der Waals surface area (Å²) in [5, 5.41) is 17.7. The molecule has 4 nitrogen and oxygen atoms in total. The number of thioether (sulfide) groups is 1. The molecule has 0 saturated heterocycles. The van der Waals surface area contributed by atoms with E-state index in [1.165, 1.54) is 18.2 Å². The molecule has 0 aliphatic carbocycles. The lowest BCUT2D eigenvalue weighted by Crippen LogP contribution is -2.16. The summed E-state index contributed by atoms with van der Waals surface area (Å²) in [6.07, 6.45) is 7.81. The minimum atomic E-state index is -0.735. The van der Waals surface area contributed by atoms with Crippen molar-refractivity contribution in [2.45, 2.75) is 68.4 Å². The molecule has 24 heavy (non-hydrogen) atoms. The van der Waals surface area contributed by atoms with E-state index in [0.717, 1.165) is 49.2 Å². The zero-order valence-electron chi connectivity index (χ0n) is 14.6. The van der Waals surface area contributed by atoms with Crippen LogP contribution in [-0.4, -0.2) is 34.6 Å². The molecule has 0 amide bonds. The van der Waals surface area contributed by atoms with E-state index in [4.69, 9.17) is 9.84 Å². The zero-order chi connectivity index (χ0) is 17.6. The van der Waals surface area contributed by atoms with Gasteiger partial charge in [0, 0.05) is 11.5 Å². The Morgan fingerprint density at radius 1 is 1.08 bits per heavy atom. The van der Waals surface area contributed by atoms with Crippen LogP contribution in [0.3, 0.4) is 0 Å². The lowest BCUT2D eigenvalue weighted by atomic mass is 10.1. The quantitative estimate of drug-likeness (QED) is 0.373. The van der Waals surface area contributed by atoms with Crippen molar-refractivity contribution >= 4 is 17.7 Å². The first-order valence-corrected chi connectivity index (χ1v) is 9.78. The van der Waals surface area contributed by atoms with E-state index in [9.17, 15) is 9.90 Å². The molecule has 0 fully saturated rings. The topological polar surface area (TPSA) is 66.8 Å². The van der Waals surface area contributed by atoms with E-state index >= 15 is 0 Å². The van der Waals surface area contributed by atoms with E-state index in [2.05, 4.69) is 6.92 Å². The predicted octanol–water partition coefficient (Wildman–Crippen LogP) is 4.74. The van der Waals surface area contributed by atoms with Gasteiger partial charge in [-0.3, -0.25) is 4.79 Å². The first-order chi connectivity index (χ1) is 11.7. The summed E-state index contributed by atoms with van der Waals surface area (Å²) in [4.78, 5) is 12.4. The third-order valence-electron chi connectivity index (χ3n) is 3.77. The fourth-order valence-electron chi connectivity index (χ4n) is 2.35. The van der Waals surface area contributed by atoms with Crippen molar-refractivity contribution in [2.24, 2.45) is 0 Å². The predicted molar refractivity (Wildman–Crippen MR) is 98.9 cm³/mol. The van der Waals surface area contributed by atoms with E-state index in [0.29, 0.717) is 13.0 Å². The molecule has 2 N–H and O–H groups in total. The number of aliphatic hydroxyl groups excluding tert-OH is 1. The fraction of sp³-hybridized carbons (Fsp3) is 0.632. The number of benzene rings is 1. The average molecular weight is 355 g/mol. The Balaban J connectivity index is 2.38. The monoisotopic (exact) mass is 354 g/mol. The van der Waals surface area contributed by atoms with Gasteiger partial charge in [-0.15, -0.1) is 11.8 Å². The Labute approximate surface area is 149 Å². The Kier molecular flexibility index (Phi) is 11.4. The molecule has 1 aromatic rings. The van der Waals surface area contributed by atoms with Gasteiger partial charge in [0.2, 0.25) is 0 Å². The van der Waals surface area contributed by atoms with E-state index in [-0.39, 0.29) is 11.9 Å². The van der Waals surface area contributed by atoms with Gasteiger partial charge in [0.05, 0.1) is 6.61 Å². The van der Waals surface area contributed by atoms with Gasteiger partial charge in [-0.2, -0.15) is 0 Å². The van der Waals surface area contributed by atoms with Crippen molar-refractivity contribution in [3.8, 4) is 5.75 Å². The molecule has 1 unspecified atom stereocenters. The summed E-state index contributed by atoms with van der Waals surface area (Å²) in [5.74, 6) is 0.0684. The number of carbonyl (C=O) groups is 1. The smallest absolute Gasteiger partial charge is 0.316 e. The molecule has 0 spiro atoms. The van der Waals surface area contributed by atoms with E-state index in [1.807, 2.05) is 24.3 Å². The molecule has 5 heteroatoms. The number of unbranched alkanes of at least 4 members (excludes halogenated alkanes) is 5. The van der Waals surface area contributed by atoms with Crippen LogP contribution >= 0.6 is 11.8 Å². The Morgan fingerprint density at radius 2 is 1.79 bits per heavy atom. The van der Waals surface area contributed by atoms with Gasteiger partial charge >= 0.3 is 5.97 Å². The molecule has 0 heterocycles. The molecule has 0 saturated carbocycles. The van der Waals surface area contributed by atoms with Crippen molar-refractivity contribution in [1.82, 2.24) is 0 Å². The van der Waals surface area contributed by atoms with Crippen LogP contribution in [0.25, 0.3) is 0 Å². The third kappa shape index (κ3) is 9.18. The fourth-order valence-corrected chi connectivity index (χ4v) is 3.36. The second-order valence-corrected chi connectivity index (χ2v) is 7.17. The highest BCUT2D eigenvalue weighted by atomic mass is 32.2. The molecular formula is C19H30O4S. The minimum Gasteiger partial charge on any atom is -0.494 e. The zero-order valence-corrected chi connectivity index (χ0v) is 15.4. The second kappa shape index (κ2) is 13.1. The Morgan fingerprint density at radius 3 is 2.42 bits per heavy atom. The van der Waals surface area contributed by atoms with Crippen LogP contribution in [0.2, 0.25) is 0 Å². The molecule has 0 aliphatic rings. The number of carboxylic acids is 1. The number of aliphatic hydroxyl groups is 1. The Hall–Kier alpha value is -1.20. The maximum absolute atomic E-state index is 11.4. The van der Waals surface area contributed by atoms with Crippen molar-refractivity contribution < 1.29 is 19.7 Å². The summed E-state index contributed by atoms with van der Waals surface area (Å²) in [6, 6.07) is 7.64. The lowest BCUT2D eigenvalue weighted by Gasteiger charge is -2.12.